The summed E-state index contributed by atoms with van der Waals surface area (Å²) < 4.78 is 22.6. The summed E-state index contributed by atoms with van der Waals surface area (Å²) in [6.07, 6.45) is 4.99. The molecule has 0 radical (unpaired) electrons. The lowest BCUT2D eigenvalue weighted by molar-refractivity contribution is -0.128. The van der Waals surface area contributed by atoms with Crippen molar-refractivity contribution in [1.82, 2.24) is 24.8 Å². The zero-order valence-electron chi connectivity index (χ0n) is 23.5. The van der Waals surface area contributed by atoms with Gasteiger partial charge in [0.2, 0.25) is 12.5 Å². The number of likely N-dealkylation sites (tertiary alicyclic amines) is 1. The highest BCUT2D eigenvalue weighted by Gasteiger charge is 2.34. The molecule has 2 aromatic carbocycles. The zero-order chi connectivity index (χ0) is 29.2. The summed E-state index contributed by atoms with van der Waals surface area (Å²) in [7, 11) is 2.07. The molecule has 0 saturated carbocycles. The molecule has 42 heavy (non-hydrogen) atoms. The van der Waals surface area contributed by atoms with E-state index in [0.29, 0.717) is 43.0 Å². The van der Waals surface area contributed by atoms with E-state index < -0.39 is 5.82 Å². The Hall–Kier alpha value is -4.62. The Kier molecular flexibility index (Phi) is 7.68. The van der Waals surface area contributed by atoms with Crippen LogP contribution in [0.1, 0.15) is 12.8 Å². The predicted octanol–water partition coefficient (Wildman–Crippen LogP) is 4.58. The van der Waals surface area contributed by atoms with Gasteiger partial charge >= 0.3 is 6.01 Å². The number of likely N-dealkylation sites (N-methyl/N-ethyl adjacent to an activating group) is 1. The van der Waals surface area contributed by atoms with Crippen LogP contribution < -0.4 is 9.64 Å². The van der Waals surface area contributed by atoms with Gasteiger partial charge in [0, 0.05) is 37.4 Å². The van der Waals surface area contributed by atoms with Crippen molar-refractivity contribution in [3.05, 3.63) is 78.6 Å². The molecule has 10 heteroatoms. The van der Waals surface area contributed by atoms with Gasteiger partial charge < -0.3 is 24.3 Å². The van der Waals surface area contributed by atoms with Crippen molar-refractivity contribution < 1.29 is 13.9 Å². The quantitative estimate of drug-likeness (QED) is 0.240. The number of nitrogens with zero attached hydrogens (tertiary/aromatic N) is 7. The van der Waals surface area contributed by atoms with Crippen LogP contribution in [-0.4, -0.2) is 89.1 Å². The van der Waals surface area contributed by atoms with E-state index in [4.69, 9.17) is 16.3 Å². The van der Waals surface area contributed by atoms with Crippen LogP contribution in [0.2, 0.25) is 0 Å². The number of carbonyl (C=O) groups excluding carboxylic acids is 1. The molecule has 2 saturated heterocycles. The highest BCUT2D eigenvalue weighted by Crippen LogP contribution is 2.35. The average Bonchev–Trinajstić information content (AvgIpc) is 3.44. The van der Waals surface area contributed by atoms with Gasteiger partial charge in [0.15, 0.2) is 5.82 Å². The number of pyridine rings is 1. The van der Waals surface area contributed by atoms with Crippen LogP contribution in [0.15, 0.2) is 61.3 Å². The standard InChI is InChI=1S/C32H32FN7O2/c1-4-27(41)40-16-15-39(19-23(40)17-34-2)31-26-18-35-29(25-13-7-10-21-9-5-6-12-24(21)25)28(33)30(26)36-32(37-31)42-20-22-11-8-14-38(22)3/h4-7,9-10,12-13,18,22-23H,1,8,11,14-17,19-20H2,3H3/t22-,23-/m0/s1. The number of fused-ring (bicyclic) bond motifs is 2. The molecule has 2 atom stereocenters. The Morgan fingerprint density at radius 2 is 1.98 bits per heavy atom. The molecule has 0 unspecified atom stereocenters. The number of halogens is 1. The molecule has 1 amide bonds. The molecule has 6 rings (SSSR count). The summed E-state index contributed by atoms with van der Waals surface area (Å²) in [5, 5.41) is 2.33. The maximum absolute atomic E-state index is 16.5. The third-order valence-electron chi connectivity index (χ3n) is 8.31. The lowest BCUT2D eigenvalue weighted by atomic mass is 10.0. The van der Waals surface area contributed by atoms with Gasteiger partial charge in [0.1, 0.15) is 29.7 Å². The Morgan fingerprint density at radius 3 is 2.76 bits per heavy atom. The number of aromatic nitrogens is 3. The molecule has 0 spiro atoms. The van der Waals surface area contributed by atoms with E-state index in [2.05, 4.69) is 33.3 Å². The predicted molar refractivity (Wildman–Crippen MR) is 161 cm³/mol. The van der Waals surface area contributed by atoms with Crippen LogP contribution in [0.4, 0.5) is 10.2 Å². The summed E-state index contributed by atoms with van der Waals surface area (Å²) in [6.45, 7) is 13.8. The van der Waals surface area contributed by atoms with Crippen molar-refractivity contribution in [1.29, 1.82) is 0 Å². The van der Waals surface area contributed by atoms with Crippen molar-refractivity contribution in [2.24, 2.45) is 0 Å². The molecule has 4 heterocycles. The van der Waals surface area contributed by atoms with Gasteiger partial charge in [-0.05, 0) is 43.3 Å². The van der Waals surface area contributed by atoms with Gasteiger partial charge in [-0.25, -0.2) is 11.0 Å². The van der Waals surface area contributed by atoms with E-state index in [9.17, 15) is 4.79 Å². The smallest absolute Gasteiger partial charge is 0.319 e. The Bertz CT molecular complexity index is 1700. The second kappa shape index (κ2) is 11.7. The monoisotopic (exact) mass is 565 g/mol. The van der Waals surface area contributed by atoms with Crippen LogP contribution in [0.5, 0.6) is 6.01 Å². The minimum Gasteiger partial charge on any atom is -0.462 e. The Labute approximate surface area is 244 Å². The van der Waals surface area contributed by atoms with Crippen molar-refractivity contribution in [2.45, 2.75) is 24.9 Å². The first-order chi connectivity index (χ1) is 20.5. The molecule has 214 valence electrons. The van der Waals surface area contributed by atoms with Crippen LogP contribution in [-0.2, 0) is 4.79 Å². The minimum absolute atomic E-state index is 0.0955. The summed E-state index contributed by atoms with van der Waals surface area (Å²) in [6, 6.07) is 13.5. The number of piperazine rings is 1. The fourth-order valence-corrected chi connectivity index (χ4v) is 6.02. The SMILES string of the molecule is [C-]#[N+]C[C@H]1CN(c2nc(OC[C@@H]3CCCN3C)nc3c(F)c(-c4cccc5ccccc45)ncc23)CCN1C(=O)C=C. The Morgan fingerprint density at radius 1 is 1.14 bits per heavy atom. The highest BCUT2D eigenvalue weighted by atomic mass is 19.1. The van der Waals surface area contributed by atoms with Crippen molar-refractivity contribution in [2.75, 3.05) is 51.3 Å². The summed E-state index contributed by atoms with van der Waals surface area (Å²) in [4.78, 5) is 35.8. The molecule has 0 bridgehead atoms. The number of ether oxygens (including phenoxy) is 1. The number of rotatable bonds is 7. The van der Waals surface area contributed by atoms with E-state index in [1.165, 1.54) is 6.08 Å². The molecule has 2 aromatic heterocycles. The summed E-state index contributed by atoms with van der Waals surface area (Å²) in [5.74, 6) is -0.284. The molecular formula is C32H32FN7O2. The highest BCUT2D eigenvalue weighted by molar-refractivity contribution is 5.99. The lowest BCUT2D eigenvalue weighted by Gasteiger charge is -2.39. The number of carbonyl (C=O) groups is 1. The van der Waals surface area contributed by atoms with Crippen molar-refractivity contribution >= 4 is 33.4 Å². The average molecular weight is 566 g/mol. The van der Waals surface area contributed by atoms with E-state index in [0.717, 1.165) is 30.2 Å². The number of benzene rings is 2. The summed E-state index contributed by atoms with van der Waals surface area (Å²) in [5.41, 5.74) is 1.01. The third-order valence-corrected chi connectivity index (χ3v) is 8.31. The molecule has 4 aromatic rings. The Balaban J connectivity index is 1.44. The lowest BCUT2D eigenvalue weighted by Crippen LogP contribution is -2.56. The molecule has 0 N–H and O–H groups in total. The molecular weight excluding hydrogens is 533 g/mol. The van der Waals surface area contributed by atoms with Crippen molar-refractivity contribution in [3.63, 3.8) is 0 Å². The van der Waals surface area contributed by atoms with E-state index in [1.807, 2.05) is 47.4 Å². The third kappa shape index (κ3) is 5.12. The second-order valence-electron chi connectivity index (χ2n) is 10.8. The van der Waals surface area contributed by atoms with E-state index in [1.54, 1.807) is 11.1 Å². The summed E-state index contributed by atoms with van der Waals surface area (Å²) >= 11 is 0. The van der Waals surface area contributed by atoms with Gasteiger partial charge in [-0.15, -0.1) is 0 Å². The fraction of sp³-hybridized carbons (Fsp3) is 0.344. The van der Waals surface area contributed by atoms with Gasteiger partial charge in [-0.1, -0.05) is 49.0 Å². The zero-order valence-corrected chi connectivity index (χ0v) is 23.5. The molecule has 2 aliphatic rings. The first-order valence-electron chi connectivity index (χ1n) is 14.2. The first kappa shape index (κ1) is 27.5. The molecule has 2 aliphatic heterocycles. The van der Waals surface area contributed by atoms with Crippen LogP contribution in [0, 0.1) is 12.4 Å². The van der Waals surface area contributed by atoms with Gasteiger partial charge in [0.05, 0.1) is 5.39 Å². The molecule has 0 aliphatic carbocycles. The van der Waals surface area contributed by atoms with Crippen LogP contribution in [0.3, 0.4) is 0 Å². The number of hydrogen-bond acceptors (Lipinski definition) is 7. The van der Waals surface area contributed by atoms with E-state index in [-0.39, 0.29) is 41.8 Å². The van der Waals surface area contributed by atoms with Crippen molar-refractivity contribution in [3.8, 4) is 17.3 Å². The number of amides is 1. The minimum atomic E-state index is -0.548. The van der Waals surface area contributed by atoms with Gasteiger partial charge in [-0.2, -0.15) is 9.97 Å². The van der Waals surface area contributed by atoms with E-state index >= 15 is 4.39 Å². The largest absolute Gasteiger partial charge is 0.462 e. The molecule has 2 fully saturated rings. The first-order valence-corrected chi connectivity index (χ1v) is 14.2. The maximum atomic E-state index is 16.5. The van der Waals surface area contributed by atoms with Gasteiger partial charge in [-0.3, -0.25) is 9.78 Å². The fourth-order valence-electron chi connectivity index (χ4n) is 6.02. The normalized spacial score (nSPS) is 19.3. The number of anilines is 1. The maximum Gasteiger partial charge on any atom is 0.319 e. The number of hydrogen-bond donors (Lipinski definition) is 0. The van der Waals surface area contributed by atoms with Crippen LogP contribution in [0.25, 0.3) is 37.8 Å². The van der Waals surface area contributed by atoms with Crippen LogP contribution >= 0.6 is 0 Å². The second-order valence-corrected chi connectivity index (χ2v) is 10.8. The van der Waals surface area contributed by atoms with Gasteiger partial charge in [0.25, 0.3) is 0 Å². The topological polar surface area (TPSA) is 79.1 Å². The molecule has 9 nitrogen and oxygen atoms in total.